The number of carbonyl (C=O) groups is 2. The van der Waals surface area contributed by atoms with E-state index in [0.717, 1.165) is 12.0 Å². The zero-order valence-corrected chi connectivity index (χ0v) is 16.7. The number of fused-ring (bicyclic) bond motifs is 1. The van der Waals surface area contributed by atoms with Gasteiger partial charge in [-0.1, -0.05) is 45.0 Å². The molecule has 0 saturated heterocycles. The molecule has 0 bridgehead atoms. The average Bonchev–Trinajstić information content (AvgIpc) is 3.35. The molecule has 2 aromatic rings. The van der Waals surface area contributed by atoms with Crippen molar-refractivity contribution in [2.45, 2.75) is 38.5 Å². The molecule has 1 saturated carbocycles. The Bertz CT molecular complexity index is 934. The standard InChI is InChI=1S/C22H25N3O4/c1-22(2,3)14-6-4-13(5-7-14)16-11-17(16)20(26)24-25-21(27)23-15-8-9-18-19(10-15)29-12-28-18/h4-10,16-17H,11-12H2,1-3H3,(H,24,26)(H2,23,25,27)/t16-,17-/m1/s1. The highest BCUT2D eigenvalue weighted by Gasteiger charge is 2.44. The minimum atomic E-state index is -0.524. The van der Waals surface area contributed by atoms with E-state index >= 15 is 0 Å². The van der Waals surface area contributed by atoms with Crippen molar-refractivity contribution in [2.75, 3.05) is 12.1 Å². The van der Waals surface area contributed by atoms with Crippen LogP contribution in [-0.4, -0.2) is 18.7 Å². The molecule has 0 spiro atoms. The summed E-state index contributed by atoms with van der Waals surface area (Å²) in [5.74, 6) is 1.10. The van der Waals surface area contributed by atoms with Crippen LogP contribution in [0.5, 0.6) is 11.5 Å². The van der Waals surface area contributed by atoms with E-state index in [1.165, 1.54) is 5.56 Å². The number of carbonyl (C=O) groups excluding carboxylic acids is 2. The molecule has 1 aliphatic carbocycles. The molecule has 3 N–H and O–H groups in total. The molecular weight excluding hydrogens is 370 g/mol. The minimum absolute atomic E-state index is 0.105. The Kier molecular flexibility index (Phi) is 4.82. The highest BCUT2D eigenvalue weighted by Crippen LogP contribution is 2.47. The van der Waals surface area contributed by atoms with Gasteiger partial charge in [-0.2, -0.15) is 0 Å². The van der Waals surface area contributed by atoms with Gasteiger partial charge in [-0.3, -0.25) is 10.2 Å². The normalized spacial score (nSPS) is 19.4. The molecule has 0 unspecified atom stereocenters. The molecule has 7 nitrogen and oxygen atoms in total. The fraction of sp³-hybridized carbons (Fsp3) is 0.364. The maximum absolute atomic E-state index is 12.3. The van der Waals surface area contributed by atoms with E-state index in [2.05, 4.69) is 61.2 Å². The number of hydrogen-bond acceptors (Lipinski definition) is 4. The fourth-order valence-corrected chi connectivity index (χ4v) is 3.43. The van der Waals surface area contributed by atoms with Gasteiger partial charge in [0, 0.05) is 17.7 Å². The summed E-state index contributed by atoms with van der Waals surface area (Å²) in [6, 6.07) is 13.0. The van der Waals surface area contributed by atoms with Gasteiger partial charge in [0.2, 0.25) is 12.7 Å². The smallest absolute Gasteiger partial charge is 0.337 e. The number of anilines is 1. The van der Waals surface area contributed by atoms with Crippen LogP contribution in [0.25, 0.3) is 0 Å². The average molecular weight is 395 g/mol. The number of hydrazine groups is 1. The second-order valence-corrected chi connectivity index (χ2v) is 8.46. The Morgan fingerprint density at radius 1 is 0.966 bits per heavy atom. The number of hydrogen-bond donors (Lipinski definition) is 3. The third-order valence-electron chi connectivity index (χ3n) is 5.26. The predicted octanol–water partition coefficient (Wildman–Crippen LogP) is 3.67. The summed E-state index contributed by atoms with van der Waals surface area (Å²) >= 11 is 0. The van der Waals surface area contributed by atoms with Crippen molar-refractivity contribution in [3.63, 3.8) is 0 Å². The van der Waals surface area contributed by atoms with Gasteiger partial charge in [0.15, 0.2) is 11.5 Å². The van der Waals surface area contributed by atoms with E-state index in [9.17, 15) is 9.59 Å². The van der Waals surface area contributed by atoms with Gasteiger partial charge in [-0.15, -0.1) is 0 Å². The zero-order chi connectivity index (χ0) is 20.6. The summed E-state index contributed by atoms with van der Waals surface area (Å²) in [4.78, 5) is 24.4. The van der Waals surface area contributed by atoms with Crippen LogP contribution in [0.3, 0.4) is 0 Å². The lowest BCUT2D eigenvalue weighted by molar-refractivity contribution is -0.123. The van der Waals surface area contributed by atoms with E-state index in [4.69, 9.17) is 9.47 Å². The van der Waals surface area contributed by atoms with Crippen molar-refractivity contribution in [2.24, 2.45) is 5.92 Å². The van der Waals surface area contributed by atoms with E-state index in [1.54, 1.807) is 18.2 Å². The van der Waals surface area contributed by atoms with Gasteiger partial charge in [0.05, 0.1) is 0 Å². The number of rotatable bonds is 3. The first kappa shape index (κ1) is 19.1. The first-order valence-electron chi connectivity index (χ1n) is 9.68. The molecule has 1 fully saturated rings. The van der Waals surface area contributed by atoms with Gasteiger partial charge >= 0.3 is 6.03 Å². The molecule has 2 aliphatic rings. The summed E-state index contributed by atoms with van der Waals surface area (Å²) in [7, 11) is 0. The summed E-state index contributed by atoms with van der Waals surface area (Å²) in [5.41, 5.74) is 7.97. The third kappa shape index (κ3) is 4.29. The molecule has 4 rings (SSSR count). The Morgan fingerprint density at radius 3 is 2.41 bits per heavy atom. The van der Waals surface area contributed by atoms with Gasteiger partial charge < -0.3 is 14.8 Å². The fourth-order valence-electron chi connectivity index (χ4n) is 3.43. The summed E-state index contributed by atoms with van der Waals surface area (Å²) in [6.45, 7) is 6.70. The zero-order valence-electron chi connectivity index (χ0n) is 16.7. The van der Waals surface area contributed by atoms with E-state index < -0.39 is 6.03 Å². The number of ether oxygens (including phenoxy) is 2. The van der Waals surface area contributed by atoms with Crippen LogP contribution in [0.15, 0.2) is 42.5 Å². The predicted molar refractivity (Wildman–Crippen MR) is 109 cm³/mol. The van der Waals surface area contributed by atoms with Gasteiger partial charge in [0.25, 0.3) is 0 Å². The lowest BCUT2D eigenvalue weighted by atomic mass is 9.86. The van der Waals surface area contributed by atoms with E-state index in [0.29, 0.717) is 17.2 Å². The molecule has 3 amide bonds. The molecule has 1 aliphatic heterocycles. The van der Waals surface area contributed by atoms with Crippen LogP contribution >= 0.6 is 0 Å². The number of nitrogens with one attached hydrogen (secondary N) is 3. The monoisotopic (exact) mass is 395 g/mol. The quantitative estimate of drug-likeness (QED) is 0.692. The highest BCUT2D eigenvalue weighted by atomic mass is 16.7. The van der Waals surface area contributed by atoms with Gasteiger partial charge in [-0.25, -0.2) is 10.2 Å². The van der Waals surface area contributed by atoms with Crippen molar-refractivity contribution in [1.29, 1.82) is 0 Å². The second-order valence-electron chi connectivity index (χ2n) is 8.46. The highest BCUT2D eigenvalue weighted by molar-refractivity contribution is 5.92. The molecular formula is C22H25N3O4. The van der Waals surface area contributed by atoms with Crippen molar-refractivity contribution < 1.29 is 19.1 Å². The lowest BCUT2D eigenvalue weighted by Crippen LogP contribution is -2.44. The first-order chi connectivity index (χ1) is 13.8. The van der Waals surface area contributed by atoms with E-state index in [1.807, 2.05) is 0 Å². The second kappa shape index (κ2) is 7.31. The van der Waals surface area contributed by atoms with Crippen molar-refractivity contribution in [3.05, 3.63) is 53.6 Å². The molecule has 0 aromatic heterocycles. The van der Waals surface area contributed by atoms with Crippen LogP contribution in [0.1, 0.15) is 44.2 Å². The first-order valence-corrected chi connectivity index (χ1v) is 9.68. The molecule has 2 atom stereocenters. The van der Waals surface area contributed by atoms with Crippen LogP contribution in [-0.2, 0) is 10.2 Å². The molecule has 7 heteroatoms. The van der Waals surface area contributed by atoms with Crippen molar-refractivity contribution in [3.8, 4) is 11.5 Å². The van der Waals surface area contributed by atoms with E-state index in [-0.39, 0.29) is 30.0 Å². The van der Waals surface area contributed by atoms with Crippen molar-refractivity contribution in [1.82, 2.24) is 10.9 Å². The SMILES string of the molecule is CC(C)(C)c1ccc([C@H]2C[C@H]2C(=O)NNC(=O)Nc2ccc3c(c2)OCO3)cc1. The Morgan fingerprint density at radius 2 is 1.69 bits per heavy atom. The third-order valence-corrected chi connectivity index (χ3v) is 5.26. The van der Waals surface area contributed by atoms with Gasteiger partial charge in [-0.05, 0) is 41.0 Å². The maximum Gasteiger partial charge on any atom is 0.337 e. The molecule has 152 valence electrons. The number of urea groups is 1. The summed E-state index contributed by atoms with van der Waals surface area (Å²) in [6.07, 6.45) is 0.784. The van der Waals surface area contributed by atoms with Crippen LogP contribution in [0.2, 0.25) is 0 Å². The largest absolute Gasteiger partial charge is 0.454 e. The molecule has 29 heavy (non-hydrogen) atoms. The van der Waals surface area contributed by atoms with Crippen LogP contribution in [0.4, 0.5) is 10.5 Å². The topological polar surface area (TPSA) is 88.7 Å². The van der Waals surface area contributed by atoms with Crippen LogP contribution in [0, 0.1) is 5.92 Å². The minimum Gasteiger partial charge on any atom is -0.454 e. The van der Waals surface area contributed by atoms with Gasteiger partial charge in [0.1, 0.15) is 0 Å². The number of amides is 3. The summed E-state index contributed by atoms with van der Waals surface area (Å²) < 4.78 is 10.5. The van der Waals surface area contributed by atoms with Crippen LogP contribution < -0.4 is 25.6 Å². The van der Waals surface area contributed by atoms with Crippen molar-refractivity contribution >= 4 is 17.6 Å². The molecule has 0 radical (unpaired) electrons. The number of benzene rings is 2. The Balaban J connectivity index is 1.25. The summed E-state index contributed by atoms with van der Waals surface area (Å²) in [5, 5.41) is 2.65. The molecule has 2 aromatic carbocycles. The lowest BCUT2D eigenvalue weighted by Gasteiger charge is -2.19. The maximum atomic E-state index is 12.3. The molecule has 1 heterocycles. The Labute approximate surface area is 169 Å². The Hall–Kier alpha value is -3.22.